The molecule has 2 fully saturated rings. The molecule has 2 aromatic heterocycles. The highest BCUT2D eigenvalue weighted by Gasteiger charge is 2.40. The molecule has 184 valence electrons. The molecular formula is C24H26ClFN6O2S. The molecule has 0 bridgehead atoms. The van der Waals surface area contributed by atoms with Crippen LogP contribution in [0.3, 0.4) is 0 Å². The Hall–Kier alpha value is -2.56. The van der Waals surface area contributed by atoms with Gasteiger partial charge < -0.3 is 4.90 Å². The molecule has 0 spiro atoms. The zero-order valence-corrected chi connectivity index (χ0v) is 20.9. The van der Waals surface area contributed by atoms with Crippen LogP contribution >= 0.6 is 11.6 Å². The van der Waals surface area contributed by atoms with E-state index < -0.39 is 9.84 Å². The summed E-state index contributed by atoms with van der Waals surface area (Å²) in [5.74, 6) is 2.83. The van der Waals surface area contributed by atoms with E-state index in [4.69, 9.17) is 11.6 Å². The summed E-state index contributed by atoms with van der Waals surface area (Å²) in [6.07, 6.45) is 1.76. The first-order chi connectivity index (χ1) is 16.8. The predicted octanol–water partition coefficient (Wildman–Crippen LogP) is 3.26. The van der Waals surface area contributed by atoms with Crippen molar-refractivity contribution < 1.29 is 12.8 Å². The van der Waals surface area contributed by atoms with Crippen LogP contribution < -0.4 is 4.90 Å². The molecule has 2 saturated heterocycles. The van der Waals surface area contributed by atoms with Gasteiger partial charge in [-0.3, -0.25) is 9.47 Å². The number of piperidine rings is 1. The minimum Gasteiger partial charge on any atom is -0.357 e. The Morgan fingerprint density at radius 1 is 1.06 bits per heavy atom. The van der Waals surface area contributed by atoms with Gasteiger partial charge in [0, 0.05) is 36.6 Å². The maximum atomic E-state index is 13.7. The molecule has 8 nitrogen and oxygen atoms in total. The number of anilines is 1. The number of fused-ring (bicyclic) bond motifs is 3. The number of hydrogen-bond donors (Lipinski definition) is 0. The van der Waals surface area contributed by atoms with Crippen LogP contribution in [0.15, 0.2) is 30.3 Å². The fourth-order valence-corrected chi connectivity index (χ4v) is 7.09. The van der Waals surface area contributed by atoms with Crippen molar-refractivity contribution in [2.45, 2.75) is 44.8 Å². The first-order valence-electron chi connectivity index (χ1n) is 11.8. The summed E-state index contributed by atoms with van der Waals surface area (Å²) in [7, 11) is -2.94. The zero-order valence-electron chi connectivity index (χ0n) is 19.4. The third-order valence-corrected chi connectivity index (χ3v) is 9.38. The first-order valence-corrected chi connectivity index (χ1v) is 14.0. The number of nitrogens with zero attached hydrogens (tertiary/aromatic N) is 6. The van der Waals surface area contributed by atoms with Crippen LogP contribution in [0.5, 0.6) is 0 Å². The van der Waals surface area contributed by atoms with E-state index in [2.05, 4.69) is 29.5 Å². The predicted molar refractivity (Wildman–Crippen MR) is 131 cm³/mol. The summed E-state index contributed by atoms with van der Waals surface area (Å²) in [4.78, 5) is 8.78. The molecule has 3 aromatic rings. The molecule has 3 aliphatic heterocycles. The topological polar surface area (TPSA) is 84.2 Å². The number of hydrogen-bond acceptors (Lipinski definition) is 7. The third kappa shape index (κ3) is 4.21. The minimum absolute atomic E-state index is 0.0200. The molecule has 0 saturated carbocycles. The average molecular weight is 517 g/mol. The molecule has 11 heteroatoms. The van der Waals surface area contributed by atoms with E-state index in [1.807, 2.05) is 18.2 Å². The zero-order chi connectivity index (χ0) is 24.3. The Morgan fingerprint density at radius 3 is 2.54 bits per heavy atom. The molecule has 0 unspecified atom stereocenters. The van der Waals surface area contributed by atoms with Gasteiger partial charge in [0.2, 0.25) is 0 Å². The quantitative estimate of drug-likeness (QED) is 0.528. The summed E-state index contributed by atoms with van der Waals surface area (Å²) < 4.78 is 39.5. The van der Waals surface area contributed by atoms with Crippen LogP contribution in [0.2, 0.25) is 5.02 Å². The van der Waals surface area contributed by atoms with Gasteiger partial charge in [-0.1, -0.05) is 11.6 Å². The lowest BCUT2D eigenvalue weighted by Crippen LogP contribution is -2.52. The van der Waals surface area contributed by atoms with Gasteiger partial charge in [0.15, 0.2) is 15.7 Å². The van der Waals surface area contributed by atoms with Crippen molar-refractivity contribution in [3.63, 3.8) is 0 Å². The molecular weight excluding hydrogens is 491 g/mol. The fourth-order valence-electron chi connectivity index (χ4n) is 5.39. The summed E-state index contributed by atoms with van der Waals surface area (Å²) in [5, 5.41) is 9.84. The van der Waals surface area contributed by atoms with Gasteiger partial charge >= 0.3 is 0 Å². The Morgan fingerprint density at radius 2 is 1.83 bits per heavy atom. The maximum Gasteiger partial charge on any atom is 0.153 e. The van der Waals surface area contributed by atoms with E-state index in [-0.39, 0.29) is 29.3 Å². The standard InChI is InChI=1S/C24H26ClFN6O2S/c1-15-20(26)3-5-22(27-15)30-8-6-16(7-9-30)24-29-28-23-12-31(19-13-35(33,34)14-19)11-17-10-18(25)2-4-21(17)32(23)24/h2-5,10,16,19H,6-9,11-14H2,1H3. The number of aryl methyl sites for hydroxylation is 1. The van der Waals surface area contributed by atoms with Crippen molar-refractivity contribution >= 4 is 27.3 Å². The molecule has 0 N–H and O–H groups in total. The van der Waals surface area contributed by atoms with Crippen LogP contribution in [0.1, 0.15) is 41.7 Å². The molecule has 35 heavy (non-hydrogen) atoms. The lowest BCUT2D eigenvalue weighted by atomic mass is 9.95. The lowest BCUT2D eigenvalue weighted by Gasteiger charge is -2.35. The first kappa shape index (κ1) is 22.9. The van der Waals surface area contributed by atoms with E-state index in [0.717, 1.165) is 54.6 Å². The van der Waals surface area contributed by atoms with Crippen molar-refractivity contribution in [3.8, 4) is 5.69 Å². The highest BCUT2D eigenvalue weighted by Crippen LogP contribution is 2.35. The molecule has 5 heterocycles. The Balaban J connectivity index is 1.28. The highest BCUT2D eigenvalue weighted by atomic mass is 35.5. The maximum absolute atomic E-state index is 13.7. The third-order valence-electron chi connectivity index (χ3n) is 7.36. The van der Waals surface area contributed by atoms with Gasteiger partial charge in [-0.15, -0.1) is 10.2 Å². The molecule has 3 aliphatic rings. The van der Waals surface area contributed by atoms with Crippen molar-refractivity contribution in [1.29, 1.82) is 0 Å². The highest BCUT2D eigenvalue weighted by molar-refractivity contribution is 7.92. The average Bonchev–Trinajstić information content (AvgIpc) is 3.15. The largest absolute Gasteiger partial charge is 0.357 e. The number of aromatic nitrogens is 4. The van der Waals surface area contributed by atoms with E-state index in [1.54, 1.807) is 13.0 Å². The molecule has 6 rings (SSSR count). The molecule has 0 radical (unpaired) electrons. The molecule has 0 aliphatic carbocycles. The number of rotatable bonds is 3. The monoisotopic (exact) mass is 516 g/mol. The summed E-state index contributed by atoms with van der Waals surface area (Å²) in [6.45, 7) is 4.43. The second kappa shape index (κ2) is 8.53. The van der Waals surface area contributed by atoms with Crippen molar-refractivity contribution in [2.75, 3.05) is 29.5 Å². The Bertz CT molecular complexity index is 1390. The van der Waals surface area contributed by atoms with E-state index in [1.165, 1.54) is 6.07 Å². The van der Waals surface area contributed by atoms with Gasteiger partial charge in [0.05, 0.1) is 29.4 Å². The number of halogens is 2. The summed E-state index contributed by atoms with van der Waals surface area (Å²) in [6, 6.07) is 9.04. The van der Waals surface area contributed by atoms with Crippen LogP contribution in [-0.4, -0.2) is 63.7 Å². The molecule has 1 aromatic carbocycles. The van der Waals surface area contributed by atoms with Gasteiger partial charge in [-0.2, -0.15) is 0 Å². The second-order valence-electron chi connectivity index (χ2n) is 9.72. The van der Waals surface area contributed by atoms with Crippen molar-refractivity contribution in [3.05, 3.63) is 64.1 Å². The molecule has 0 atom stereocenters. The van der Waals surface area contributed by atoms with Crippen molar-refractivity contribution in [2.24, 2.45) is 0 Å². The second-order valence-corrected chi connectivity index (χ2v) is 12.3. The van der Waals surface area contributed by atoms with Crippen LogP contribution in [0.4, 0.5) is 10.2 Å². The lowest BCUT2D eigenvalue weighted by molar-refractivity contribution is 0.193. The number of pyridine rings is 1. The smallest absolute Gasteiger partial charge is 0.153 e. The number of sulfone groups is 1. The van der Waals surface area contributed by atoms with E-state index >= 15 is 0 Å². The summed E-state index contributed by atoms with van der Waals surface area (Å²) in [5.41, 5.74) is 2.46. The normalized spacial score (nSPS) is 20.7. The van der Waals surface area contributed by atoms with E-state index in [0.29, 0.717) is 23.8 Å². The van der Waals surface area contributed by atoms with Crippen LogP contribution in [-0.2, 0) is 22.9 Å². The minimum atomic E-state index is -2.94. The van der Waals surface area contributed by atoms with Gasteiger partial charge in [0.1, 0.15) is 17.5 Å². The Labute approximate surface area is 208 Å². The van der Waals surface area contributed by atoms with E-state index in [9.17, 15) is 12.8 Å². The van der Waals surface area contributed by atoms with Gasteiger partial charge in [-0.05, 0) is 55.7 Å². The summed E-state index contributed by atoms with van der Waals surface area (Å²) >= 11 is 6.35. The van der Waals surface area contributed by atoms with Crippen LogP contribution in [0.25, 0.3) is 5.69 Å². The van der Waals surface area contributed by atoms with Gasteiger partial charge in [0.25, 0.3) is 0 Å². The SMILES string of the molecule is Cc1nc(N2CCC(c3nnc4n3-c3ccc(Cl)cc3CN(C3CS(=O)(=O)C3)C4)CC2)ccc1F. The van der Waals surface area contributed by atoms with Crippen molar-refractivity contribution in [1.82, 2.24) is 24.6 Å². The van der Waals surface area contributed by atoms with Crippen LogP contribution in [0, 0.1) is 12.7 Å². The molecule has 0 amide bonds. The van der Waals surface area contributed by atoms with Gasteiger partial charge in [-0.25, -0.2) is 17.8 Å². The number of benzene rings is 1. The Kier molecular flexibility index (Phi) is 5.58. The fraction of sp³-hybridized carbons (Fsp3) is 0.458.